The lowest BCUT2D eigenvalue weighted by Gasteiger charge is -1.90. The second-order valence-corrected chi connectivity index (χ2v) is 2.56. The van der Waals surface area contributed by atoms with E-state index < -0.39 is 0 Å². The molecule has 0 fully saturated rings. The number of rotatable bonds is 2. The molecule has 0 aromatic heterocycles. The largest absolute Gasteiger partial charge is 0.125 e. The summed E-state index contributed by atoms with van der Waals surface area (Å²) >= 11 is 0. The Morgan fingerprint density at radius 1 is 1.18 bits per heavy atom. The van der Waals surface area contributed by atoms with E-state index in [-0.39, 0.29) is 0 Å². The molecule has 0 aromatic carbocycles. The maximum absolute atomic E-state index is 3.74. The highest BCUT2D eigenvalue weighted by Crippen LogP contribution is 2.03. The second kappa shape index (κ2) is 4.57. The van der Waals surface area contributed by atoms with Gasteiger partial charge in [-0.1, -0.05) is 18.7 Å². The quantitative estimate of drug-likeness (QED) is 0.414. The second-order valence-electron chi connectivity index (χ2n) is 2.56. The summed E-state index contributed by atoms with van der Waals surface area (Å²) in [5, 5.41) is 0. The molecule has 0 heteroatoms. The van der Waals surface area contributed by atoms with Crippen LogP contribution in [0, 0.1) is 0 Å². The van der Waals surface area contributed by atoms with E-state index in [1.807, 2.05) is 26.8 Å². The zero-order valence-electron chi connectivity index (χ0n) is 7.49. The predicted octanol–water partition coefficient (Wildman–Crippen LogP) is 3.40. The van der Waals surface area contributed by atoms with Crippen molar-refractivity contribution < 1.29 is 0 Å². The molecule has 0 radical (unpaired) electrons. The minimum atomic E-state index is 1.00. The highest BCUT2D eigenvalue weighted by atomic mass is 13.9. The third kappa shape index (κ3) is 4.22. The van der Waals surface area contributed by atoms with Gasteiger partial charge in [0.25, 0.3) is 0 Å². The summed E-state index contributed by atoms with van der Waals surface area (Å²) in [6, 6.07) is 0. The molecule has 0 aliphatic carbocycles. The zero-order chi connectivity index (χ0) is 8.85. The molecule has 0 aliphatic heterocycles. The van der Waals surface area contributed by atoms with E-state index in [0.717, 1.165) is 16.7 Å². The van der Waals surface area contributed by atoms with E-state index in [1.54, 1.807) is 0 Å². The SMILES string of the molecule is C=C=C(C)C(C)=C=CC(=C)C. The van der Waals surface area contributed by atoms with Gasteiger partial charge in [0.1, 0.15) is 0 Å². The summed E-state index contributed by atoms with van der Waals surface area (Å²) in [4.78, 5) is 0. The van der Waals surface area contributed by atoms with Crippen molar-refractivity contribution in [1.82, 2.24) is 0 Å². The number of hydrogen-bond donors (Lipinski definition) is 0. The lowest BCUT2D eigenvalue weighted by molar-refractivity contribution is 1.36. The van der Waals surface area contributed by atoms with E-state index in [9.17, 15) is 0 Å². The molecule has 0 spiro atoms. The summed E-state index contributed by atoms with van der Waals surface area (Å²) in [6.45, 7) is 13.2. The van der Waals surface area contributed by atoms with Crippen molar-refractivity contribution in [3.05, 3.63) is 47.4 Å². The Kier molecular flexibility index (Phi) is 4.07. The van der Waals surface area contributed by atoms with Gasteiger partial charge >= 0.3 is 0 Å². The minimum Gasteiger partial charge on any atom is -0.125 e. The van der Waals surface area contributed by atoms with E-state index in [4.69, 9.17) is 0 Å². The molecule has 11 heavy (non-hydrogen) atoms. The number of allylic oxidation sites excluding steroid dienone is 3. The van der Waals surface area contributed by atoms with Gasteiger partial charge in [-0.2, -0.15) is 0 Å². The van der Waals surface area contributed by atoms with Crippen LogP contribution in [0.3, 0.4) is 0 Å². The van der Waals surface area contributed by atoms with Gasteiger partial charge in [-0.3, -0.25) is 0 Å². The molecular weight excluding hydrogens is 132 g/mol. The lowest BCUT2D eigenvalue weighted by atomic mass is 10.1. The first kappa shape index (κ1) is 9.78. The smallest absolute Gasteiger partial charge is 0.00148 e. The normalized spacial score (nSPS) is 7.55. The lowest BCUT2D eigenvalue weighted by Crippen LogP contribution is -1.72. The molecule has 0 unspecified atom stereocenters. The third-order valence-corrected chi connectivity index (χ3v) is 1.36. The maximum atomic E-state index is 3.74. The molecule has 0 amide bonds. The van der Waals surface area contributed by atoms with Crippen LogP contribution < -0.4 is 0 Å². The molecule has 58 valence electrons. The molecule has 0 heterocycles. The highest BCUT2D eigenvalue weighted by molar-refractivity contribution is 5.27. The molecule has 0 saturated carbocycles. The maximum Gasteiger partial charge on any atom is 0.00148 e. The number of hydrogen-bond acceptors (Lipinski definition) is 0. The van der Waals surface area contributed by atoms with Crippen LogP contribution in [0.2, 0.25) is 0 Å². The Morgan fingerprint density at radius 2 is 1.73 bits per heavy atom. The Labute approximate surface area is 68.9 Å². The summed E-state index contributed by atoms with van der Waals surface area (Å²) in [5.74, 6) is 0. The molecular formula is C11H14. The molecule has 0 N–H and O–H groups in total. The summed E-state index contributed by atoms with van der Waals surface area (Å²) in [7, 11) is 0. The first-order valence-electron chi connectivity index (χ1n) is 3.53. The van der Waals surface area contributed by atoms with E-state index in [1.165, 1.54) is 0 Å². The fourth-order valence-corrected chi connectivity index (χ4v) is 0.472. The van der Waals surface area contributed by atoms with Crippen LogP contribution >= 0.6 is 0 Å². The first-order chi connectivity index (χ1) is 5.07. The molecule has 0 rings (SSSR count). The van der Waals surface area contributed by atoms with Crippen molar-refractivity contribution in [1.29, 1.82) is 0 Å². The fraction of sp³-hybridized carbons (Fsp3) is 0.273. The van der Waals surface area contributed by atoms with E-state index in [2.05, 4.69) is 24.6 Å². The summed E-state index contributed by atoms with van der Waals surface area (Å²) in [5.41, 5.74) is 8.98. The van der Waals surface area contributed by atoms with Crippen molar-refractivity contribution >= 4 is 0 Å². The molecule has 0 nitrogen and oxygen atoms in total. The predicted molar refractivity (Wildman–Crippen MR) is 50.4 cm³/mol. The van der Waals surface area contributed by atoms with Crippen molar-refractivity contribution in [2.45, 2.75) is 20.8 Å². The van der Waals surface area contributed by atoms with Crippen LogP contribution in [0.1, 0.15) is 20.8 Å². The van der Waals surface area contributed by atoms with Crippen molar-refractivity contribution in [3.63, 3.8) is 0 Å². The van der Waals surface area contributed by atoms with E-state index in [0.29, 0.717) is 0 Å². The van der Waals surface area contributed by atoms with E-state index >= 15 is 0 Å². The third-order valence-electron chi connectivity index (χ3n) is 1.36. The molecule has 0 saturated heterocycles. The average Bonchev–Trinajstić information content (AvgIpc) is 1.98. The molecule has 0 bridgehead atoms. The molecule has 0 aromatic rings. The minimum absolute atomic E-state index is 1.00. The van der Waals surface area contributed by atoms with Gasteiger partial charge in [0.15, 0.2) is 0 Å². The molecule has 0 atom stereocenters. The van der Waals surface area contributed by atoms with Crippen molar-refractivity contribution in [2.24, 2.45) is 0 Å². The van der Waals surface area contributed by atoms with Crippen LogP contribution in [-0.4, -0.2) is 0 Å². The standard InChI is InChI=1S/C11H14/c1-6-10(4)11(5)8-7-9(2)3/h7H,1-2H2,3-5H3. The topological polar surface area (TPSA) is 0 Å². The van der Waals surface area contributed by atoms with Gasteiger partial charge < -0.3 is 0 Å². The first-order valence-corrected chi connectivity index (χ1v) is 3.53. The van der Waals surface area contributed by atoms with Crippen molar-refractivity contribution in [3.8, 4) is 0 Å². The van der Waals surface area contributed by atoms with Crippen LogP contribution in [0.4, 0.5) is 0 Å². The Balaban J connectivity index is 4.73. The Bertz CT molecular complexity index is 264. The average molecular weight is 146 g/mol. The van der Waals surface area contributed by atoms with Gasteiger partial charge in [0.2, 0.25) is 0 Å². The van der Waals surface area contributed by atoms with Gasteiger partial charge in [0, 0.05) is 11.1 Å². The van der Waals surface area contributed by atoms with Gasteiger partial charge in [0.05, 0.1) is 0 Å². The van der Waals surface area contributed by atoms with Gasteiger partial charge in [-0.05, 0) is 26.8 Å². The Hall–Kier alpha value is -1.22. The molecule has 0 aliphatic rings. The summed E-state index contributed by atoms with van der Waals surface area (Å²) in [6.07, 6.45) is 1.86. The van der Waals surface area contributed by atoms with Crippen molar-refractivity contribution in [2.75, 3.05) is 0 Å². The van der Waals surface area contributed by atoms with Crippen LogP contribution in [0.25, 0.3) is 0 Å². The van der Waals surface area contributed by atoms with Crippen LogP contribution in [-0.2, 0) is 0 Å². The van der Waals surface area contributed by atoms with Crippen LogP contribution in [0.5, 0.6) is 0 Å². The highest BCUT2D eigenvalue weighted by Gasteiger charge is 1.86. The van der Waals surface area contributed by atoms with Gasteiger partial charge in [-0.15, -0.1) is 11.5 Å². The van der Waals surface area contributed by atoms with Gasteiger partial charge in [-0.25, -0.2) is 0 Å². The fourth-order valence-electron chi connectivity index (χ4n) is 0.472. The monoisotopic (exact) mass is 146 g/mol. The Morgan fingerprint density at radius 3 is 2.09 bits per heavy atom. The van der Waals surface area contributed by atoms with Crippen LogP contribution in [0.15, 0.2) is 47.4 Å². The summed E-state index contributed by atoms with van der Waals surface area (Å²) < 4.78 is 0. The zero-order valence-corrected chi connectivity index (χ0v) is 7.49.